The van der Waals surface area contributed by atoms with Crippen molar-refractivity contribution in [2.45, 2.75) is 18.9 Å². The summed E-state index contributed by atoms with van der Waals surface area (Å²) in [4.78, 5) is 24.3. The predicted octanol–water partition coefficient (Wildman–Crippen LogP) is 1.73. The van der Waals surface area contributed by atoms with E-state index in [1.165, 1.54) is 11.2 Å². The standard InChI is InChI=1S/C10H10BrNO4/c11-6-3-5-16-8(6)9(13)12-4-1-2-7(12)10(14)15/h3,5,7H,1-2,4H2,(H,14,15)/t7-/m0/s1. The molecular weight excluding hydrogens is 278 g/mol. The number of carboxylic acid groups (broad SMARTS) is 1. The first kappa shape index (κ1) is 11.2. The van der Waals surface area contributed by atoms with Crippen LogP contribution in [0.5, 0.6) is 0 Å². The van der Waals surface area contributed by atoms with Crippen LogP contribution in [0.25, 0.3) is 0 Å². The maximum absolute atomic E-state index is 12.0. The summed E-state index contributed by atoms with van der Waals surface area (Å²) in [6, 6.07) is 0.878. The van der Waals surface area contributed by atoms with E-state index in [4.69, 9.17) is 9.52 Å². The zero-order chi connectivity index (χ0) is 11.7. The number of rotatable bonds is 2. The highest BCUT2D eigenvalue weighted by Crippen LogP contribution is 2.24. The van der Waals surface area contributed by atoms with Gasteiger partial charge in [0.2, 0.25) is 5.76 Å². The van der Waals surface area contributed by atoms with E-state index in [1.807, 2.05) is 0 Å². The van der Waals surface area contributed by atoms with Crippen molar-refractivity contribution < 1.29 is 19.1 Å². The summed E-state index contributed by atoms with van der Waals surface area (Å²) in [5.41, 5.74) is 0. The quantitative estimate of drug-likeness (QED) is 0.899. The van der Waals surface area contributed by atoms with Gasteiger partial charge in [0.05, 0.1) is 10.7 Å². The van der Waals surface area contributed by atoms with Gasteiger partial charge >= 0.3 is 5.97 Å². The van der Waals surface area contributed by atoms with Crippen LogP contribution in [0.15, 0.2) is 21.2 Å². The summed E-state index contributed by atoms with van der Waals surface area (Å²) in [7, 11) is 0. The molecule has 0 bridgehead atoms. The second kappa shape index (κ2) is 4.29. The van der Waals surface area contributed by atoms with Crippen LogP contribution in [-0.2, 0) is 4.79 Å². The number of carboxylic acids is 1. The Morgan fingerprint density at radius 1 is 1.56 bits per heavy atom. The highest BCUT2D eigenvalue weighted by Gasteiger charge is 2.36. The van der Waals surface area contributed by atoms with Crippen LogP contribution in [0.1, 0.15) is 23.4 Å². The molecule has 1 atom stereocenters. The molecule has 1 N–H and O–H groups in total. The molecule has 0 unspecified atom stereocenters. The molecule has 2 heterocycles. The van der Waals surface area contributed by atoms with Gasteiger partial charge in [0.25, 0.3) is 5.91 Å². The number of furan rings is 1. The molecule has 1 fully saturated rings. The van der Waals surface area contributed by atoms with E-state index in [0.29, 0.717) is 23.9 Å². The number of carbonyl (C=O) groups excluding carboxylic acids is 1. The Morgan fingerprint density at radius 3 is 2.88 bits per heavy atom. The largest absolute Gasteiger partial charge is 0.480 e. The lowest BCUT2D eigenvalue weighted by Crippen LogP contribution is -2.40. The van der Waals surface area contributed by atoms with Gasteiger partial charge in [-0.25, -0.2) is 4.79 Å². The smallest absolute Gasteiger partial charge is 0.326 e. The van der Waals surface area contributed by atoms with E-state index in [-0.39, 0.29) is 11.7 Å². The molecule has 1 aliphatic heterocycles. The Balaban J connectivity index is 2.22. The van der Waals surface area contributed by atoms with Crippen LogP contribution in [0.4, 0.5) is 0 Å². The van der Waals surface area contributed by atoms with Crippen molar-refractivity contribution in [3.8, 4) is 0 Å². The molecule has 1 amide bonds. The Kier molecular flexibility index (Phi) is 3.00. The van der Waals surface area contributed by atoms with Crippen molar-refractivity contribution in [3.63, 3.8) is 0 Å². The highest BCUT2D eigenvalue weighted by molar-refractivity contribution is 9.10. The van der Waals surface area contributed by atoms with E-state index in [0.717, 1.165) is 0 Å². The second-order valence-corrected chi connectivity index (χ2v) is 4.45. The molecule has 0 radical (unpaired) electrons. The molecule has 0 aliphatic carbocycles. The molecule has 1 aliphatic rings. The van der Waals surface area contributed by atoms with Gasteiger partial charge in [-0.3, -0.25) is 4.79 Å². The van der Waals surface area contributed by atoms with Crippen molar-refractivity contribution in [2.24, 2.45) is 0 Å². The fourth-order valence-corrected chi connectivity index (χ4v) is 2.21. The number of aliphatic carboxylic acids is 1. The molecule has 16 heavy (non-hydrogen) atoms. The van der Waals surface area contributed by atoms with Crippen molar-refractivity contribution in [3.05, 3.63) is 22.6 Å². The first-order valence-corrected chi connectivity index (χ1v) is 5.67. The van der Waals surface area contributed by atoms with Gasteiger partial charge in [-0.15, -0.1) is 0 Å². The minimum atomic E-state index is -0.964. The molecule has 86 valence electrons. The van der Waals surface area contributed by atoms with E-state index in [9.17, 15) is 9.59 Å². The van der Waals surface area contributed by atoms with Gasteiger partial charge in [0, 0.05) is 6.54 Å². The van der Waals surface area contributed by atoms with Crippen molar-refractivity contribution >= 4 is 27.8 Å². The summed E-state index contributed by atoms with van der Waals surface area (Å²) < 4.78 is 5.59. The molecule has 0 saturated carbocycles. The number of hydrogen-bond donors (Lipinski definition) is 1. The van der Waals surface area contributed by atoms with Crippen molar-refractivity contribution in [1.82, 2.24) is 4.90 Å². The first-order valence-electron chi connectivity index (χ1n) is 4.88. The Morgan fingerprint density at radius 2 is 2.31 bits per heavy atom. The topological polar surface area (TPSA) is 70.8 Å². The van der Waals surface area contributed by atoms with Crippen LogP contribution in [-0.4, -0.2) is 34.5 Å². The number of nitrogens with zero attached hydrogens (tertiary/aromatic N) is 1. The van der Waals surface area contributed by atoms with Crippen molar-refractivity contribution in [1.29, 1.82) is 0 Å². The number of likely N-dealkylation sites (tertiary alicyclic amines) is 1. The predicted molar refractivity (Wildman–Crippen MR) is 58.1 cm³/mol. The summed E-state index contributed by atoms with van der Waals surface area (Å²) >= 11 is 3.18. The average Bonchev–Trinajstić information content (AvgIpc) is 2.84. The maximum atomic E-state index is 12.0. The lowest BCUT2D eigenvalue weighted by Gasteiger charge is -2.20. The van der Waals surface area contributed by atoms with E-state index >= 15 is 0 Å². The zero-order valence-electron chi connectivity index (χ0n) is 8.35. The monoisotopic (exact) mass is 287 g/mol. The molecule has 6 heteroatoms. The number of amides is 1. The zero-order valence-corrected chi connectivity index (χ0v) is 9.94. The molecule has 2 rings (SSSR count). The fraction of sp³-hybridized carbons (Fsp3) is 0.400. The molecule has 0 aromatic carbocycles. The molecule has 0 spiro atoms. The highest BCUT2D eigenvalue weighted by atomic mass is 79.9. The Bertz CT molecular complexity index is 428. The van der Waals surface area contributed by atoms with E-state index in [2.05, 4.69) is 15.9 Å². The third-order valence-corrected chi connectivity index (χ3v) is 3.23. The van der Waals surface area contributed by atoms with Gasteiger partial charge in [0.1, 0.15) is 6.04 Å². The molecule has 1 aromatic rings. The van der Waals surface area contributed by atoms with Gasteiger partial charge < -0.3 is 14.4 Å². The average molecular weight is 288 g/mol. The molecule has 1 saturated heterocycles. The van der Waals surface area contributed by atoms with Crippen molar-refractivity contribution in [2.75, 3.05) is 6.54 Å². The van der Waals surface area contributed by atoms with E-state index < -0.39 is 12.0 Å². The summed E-state index contributed by atoms with van der Waals surface area (Å²) in [6.07, 6.45) is 2.60. The Labute approximate surface area is 100 Å². The number of hydrogen-bond acceptors (Lipinski definition) is 3. The van der Waals surface area contributed by atoms with Gasteiger partial charge in [-0.1, -0.05) is 0 Å². The third-order valence-electron chi connectivity index (χ3n) is 2.61. The minimum absolute atomic E-state index is 0.160. The normalized spacial score (nSPS) is 20.1. The Hall–Kier alpha value is -1.30. The number of carbonyl (C=O) groups is 2. The van der Waals surface area contributed by atoms with Crippen LogP contribution in [0, 0.1) is 0 Å². The molecule has 1 aromatic heterocycles. The molecular formula is C10H10BrNO4. The summed E-state index contributed by atoms with van der Waals surface area (Å²) in [5.74, 6) is -1.18. The SMILES string of the molecule is O=C(O)[C@@H]1CCCN1C(=O)c1occc1Br. The minimum Gasteiger partial charge on any atom is -0.480 e. The van der Waals surface area contributed by atoms with Gasteiger partial charge in [0.15, 0.2) is 0 Å². The molecule has 5 nitrogen and oxygen atoms in total. The number of halogens is 1. The summed E-state index contributed by atoms with van der Waals surface area (Å²) in [5, 5.41) is 8.96. The maximum Gasteiger partial charge on any atom is 0.326 e. The fourth-order valence-electron chi connectivity index (χ4n) is 1.84. The van der Waals surface area contributed by atoms with Crippen LogP contribution >= 0.6 is 15.9 Å². The summed E-state index contributed by atoms with van der Waals surface area (Å²) in [6.45, 7) is 0.461. The lowest BCUT2D eigenvalue weighted by atomic mass is 10.2. The van der Waals surface area contributed by atoms with Gasteiger partial charge in [-0.2, -0.15) is 0 Å². The lowest BCUT2D eigenvalue weighted by molar-refractivity contribution is -0.141. The van der Waals surface area contributed by atoms with Gasteiger partial charge in [-0.05, 0) is 34.8 Å². The third kappa shape index (κ3) is 1.84. The van der Waals surface area contributed by atoms with E-state index in [1.54, 1.807) is 6.07 Å². The first-order chi connectivity index (χ1) is 7.61. The van der Waals surface area contributed by atoms with Crippen LogP contribution in [0.2, 0.25) is 0 Å². The second-order valence-electron chi connectivity index (χ2n) is 3.59. The van der Waals surface area contributed by atoms with Crippen LogP contribution in [0.3, 0.4) is 0 Å². The van der Waals surface area contributed by atoms with Crippen LogP contribution < -0.4 is 0 Å².